The minimum absolute atomic E-state index is 0.182. The van der Waals surface area contributed by atoms with Crippen molar-refractivity contribution in [1.82, 2.24) is 9.78 Å². The topological polar surface area (TPSA) is 90.9 Å². The van der Waals surface area contributed by atoms with E-state index < -0.39 is 41.2 Å². The van der Waals surface area contributed by atoms with Crippen molar-refractivity contribution in [1.29, 1.82) is 5.26 Å². The highest BCUT2D eigenvalue weighted by atomic mass is 127. The number of nitrogens with one attached hydrogen (secondary N) is 1. The molecule has 1 amide bonds. The molecule has 0 aliphatic carbocycles. The van der Waals surface area contributed by atoms with Crippen molar-refractivity contribution in [3.63, 3.8) is 0 Å². The average Bonchev–Trinajstić information content (AvgIpc) is 2.91. The van der Waals surface area contributed by atoms with Gasteiger partial charge in [0.2, 0.25) is 0 Å². The zero-order valence-corrected chi connectivity index (χ0v) is 15.3. The molecule has 1 aromatic heterocycles. The van der Waals surface area contributed by atoms with Gasteiger partial charge in [-0.3, -0.25) is 9.48 Å². The second kappa shape index (κ2) is 7.20. The smallest absolute Gasteiger partial charge is 0.378 e. The highest BCUT2D eigenvalue weighted by molar-refractivity contribution is 14.1. The van der Waals surface area contributed by atoms with Crippen LogP contribution >= 0.6 is 22.6 Å². The van der Waals surface area contributed by atoms with Crippen LogP contribution in [0.1, 0.15) is 18.1 Å². The summed E-state index contributed by atoms with van der Waals surface area (Å²) in [4.78, 5) is 12.3. The van der Waals surface area contributed by atoms with Gasteiger partial charge in [0.1, 0.15) is 0 Å². The van der Waals surface area contributed by atoms with Gasteiger partial charge < -0.3 is 10.4 Å². The summed E-state index contributed by atoms with van der Waals surface area (Å²) in [5.74, 6) is -1.68. The Hall–Kier alpha value is -2.20. The van der Waals surface area contributed by atoms with Gasteiger partial charge in [-0.1, -0.05) is 0 Å². The molecule has 2 N–H and O–H groups in total. The van der Waals surface area contributed by atoms with E-state index in [1.54, 1.807) is 22.6 Å². The van der Waals surface area contributed by atoms with Crippen LogP contribution in [-0.4, -0.2) is 26.4 Å². The van der Waals surface area contributed by atoms with Crippen LogP contribution < -0.4 is 5.32 Å². The van der Waals surface area contributed by atoms with Crippen molar-refractivity contribution in [3.8, 4) is 6.07 Å². The molecule has 1 heterocycles. The Kier molecular flexibility index (Phi) is 5.57. The molecule has 2 aromatic rings. The normalized spacial score (nSPS) is 13.8. The number of nitriles is 1. The molecule has 26 heavy (non-hydrogen) atoms. The fourth-order valence-corrected chi connectivity index (χ4v) is 2.67. The predicted octanol–water partition coefficient (Wildman–Crippen LogP) is 2.91. The highest BCUT2D eigenvalue weighted by Gasteiger charge is 2.36. The quantitative estimate of drug-likeness (QED) is 0.518. The number of carbonyl (C=O) groups is 1. The van der Waals surface area contributed by atoms with E-state index in [-0.39, 0.29) is 9.26 Å². The highest BCUT2D eigenvalue weighted by Crippen LogP contribution is 2.35. The minimum atomic E-state index is -4.79. The molecule has 0 bridgehead atoms. The lowest BCUT2D eigenvalue weighted by Crippen LogP contribution is -2.44. The number of hydrogen-bond acceptors (Lipinski definition) is 4. The van der Waals surface area contributed by atoms with E-state index in [0.29, 0.717) is 6.07 Å². The number of carbonyl (C=O) groups excluding carboxylic acids is 1. The number of aliphatic hydroxyl groups is 1. The Balaban J connectivity index is 2.29. The van der Waals surface area contributed by atoms with Gasteiger partial charge in [0.05, 0.1) is 41.8 Å². The van der Waals surface area contributed by atoms with Gasteiger partial charge in [-0.15, -0.1) is 0 Å². The molecule has 1 unspecified atom stereocenters. The molecule has 1 aromatic carbocycles. The molecular weight excluding hydrogens is 471 g/mol. The van der Waals surface area contributed by atoms with Crippen LogP contribution in [0.25, 0.3) is 0 Å². The number of aromatic nitrogens is 2. The van der Waals surface area contributed by atoms with E-state index in [4.69, 9.17) is 5.26 Å². The van der Waals surface area contributed by atoms with Crippen molar-refractivity contribution < 1.29 is 27.5 Å². The van der Waals surface area contributed by atoms with Gasteiger partial charge >= 0.3 is 6.18 Å². The third-order valence-corrected chi connectivity index (χ3v) is 4.23. The van der Waals surface area contributed by atoms with Gasteiger partial charge in [-0.05, 0) is 41.6 Å². The molecule has 11 heteroatoms. The molecule has 2 rings (SSSR count). The second-order valence-electron chi connectivity index (χ2n) is 5.57. The number of hydrogen-bond donors (Lipinski definition) is 2. The van der Waals surface area contributed by atoms with Crippen molar-refractivity contribution in [2.24, 2.45) is 0 Å². The first-order valence-corrected chi connectivity index (χ1v) is 8.04. The maximum atomic E-state index is 13.0. The van der Waals surface area contributed by atoms with E-state index >= 15 is 0 Å². The SMILES string of the molecule is CC(O)(Cn1cc(F)cn1)C(=O)Nc1cc(C(F)(F)F)c(C#N)cc1I. The Morgan fingerprint density at radius 1 is 1.46 bits per heavy atom. The monoisotopic (exact) mass is 482 g/mol. The molecule has 0 spiro atoms. The van der Waals surface area contributed by atoms with Crippen LogP contribution in [0.4, 0.5) is 23.2 Å². The van der Waals surface area contributed by atoms with Crippen LogP contribution in [0, 0.1) is 20.7 Å². The molecule has 1 atom stereocenters. The second-order valence-corrected chi connectivity index (χ2v) is 6.73. The number of benzene rings is 1. The lowest BCUT2D eigenvalue weighted by atomic mass is 10.0. The Bertz CT molecular complexity index is 887. The number of alkyl halides is 3. The average molecular weight is 482 g/mol. The third-order valence-electron chi connectivity index (χ3n) is 3.34. The number of amides is 1. The lowest BCUT2D eigenvalue weighted by Gasteiger charge is -2.23. The first-order valence-electron chi connectivity index (χ1n) is 6.96. The maximum Gasteiger partial charge on any atom is 0.417 e. The van der Waals surface area contributed by atoms with Crippen LogP contribution in [0.3, 0.4) is 0 Å². The van der Waals surface area contributed by atoms with Crippen LogP contribution in [-0.2, 0) is 17.5 Å². The van der Waals surface area contributed by atoms with Gasteiger partial charge in [-0.2, -0.15) is 23.5 Å². The summed E-state index contributed by atoms with van der Waals surface area (Å²) < 4.78 is 53.2. The van der Waals surface area contributed by atoms with Crippen LogP contribution in [0.15, 0.2) is 24.5 Å². The molecule has 0 saturated carbocycles. The first kappa shape index (κ1) is 20.1. The molecule has 0 radical (unpaired) electrons. The Morgan fingerprint density at radius 3 is 2.62 bits per heavy atom. The molecular formula is C15H11F4IN4O2. The Morgan fingerprint density at radius 2 is 2.12 bits per heavy atom. The van der Waals surface area contributed by atoms with Crippen molar-refractivity contribution >= 4 is 34.2 Å². The summed E-state index contributed by atoms with van der Waals surface area (Å²) in [7, 11) is 0. The summed E-state index contributed by atoms with van der Waals surface area (Å²) in [6, 6.07) is 3.06. The summed E-state index contributed by atoms with van der Waals surface area (Å²) in [6.45, 7) is 0.699. The van der Waals surface area contributed by atoms with Crippen molar-refractivity contribution in [2.45, 2.75) is 25.2 Å². The summed E-state index contributed by atoms with van der Waals surface area (Å²) >= 11 is 1.66. The van der Waals surface area contributed by atoms with Crippen LogP contribution in [0.2, 0.25) is 0 Å². The van der Waals surface area contributed by atoms with E-state index in [9.17, 15) is 27.5 Å². The van der Waals surface area contributed by atoms with E-state index in [2.05, 4.69) is 10.4 Å². The fraction of sp³-hybridized carbons (Fsp3) is 0.267. The van der Waals surface area contributed by atoms with Crippen molar-refractivity contribution in [2.75, 3.05) is 5.32 Å². The van der Waals surface area contributed by atoms with Gasteiger partial charge in [0.15, 0.2) is 11.4 Å². The zero-order chi connectivity index (χ0) is 19.7. The number of halogens is 5. The van der Waals surface area contributed by atoms with Crippen LogP contribution in [0.5, 0.6) is 0 Å². The third kappa shape index (κ3) is 4.50. The van der Waals surface area contributed by atoms with Gasteiger partial charge in [0, 0.05) is 3.57 Å². The van der Waals surface area contributed by atoms with E-state index in [1.165, 1.54) is 6.07 Å². The number of anilines is 1. The lowest BCUT2D eigenvalue weighted by molar-refractivity contribution is -0.138. The molecule has 6 nitrogen and oxygen atoms in total. The predicted molar refractivity (Wildman–Crippen MR) is 90.3 cm³/mol. The molecule has 0 aliphatic rings. The molecule has 138 valence electrons. The molecule has 0 fully saturated rings. The number of rotatable bonds is 4. The van der Waals surface area contributed by atoms with E-state index in [1.807, 2.05) is 0 Å². The number of nitrogens with zero attached hydrogens (tertiary/aromatic N) is 3. The summed E-state index contributed by atoms with van der Waals surface area (Å²) in [5.41, 5.74) is -4.08. The zero-order valence-electron chi connectivity index (χ0n) is 13.1. The molecule has 0 aliphatic heterocycles. The summed E-state index contributed by atoms with van der Waals surface area (Å²) in [5, 5.41) is 24.9. The minimum Gasteiger partial charge on any atom is -0.378 e. The summed E-state index contributed by atoms with van der Waals surface area (Å²) in [6.07, 6.45) is -2.95. The molecule has 0 saturated heterocycles. The maximum absolute atomic E-state index is 13.0. The largest absolute Gasteiger partial charge is 0.417 e. The first-order chi connectivity index (χ1) is 11.9. The van der Waals surface area contributed by atoms with Gasteiger partial charge in [0.25, 0.3) is 5.91 Å². The van der Waals surface area contributed by atoms with Gasteiger partial charge in [-0.25, -0.2) is 4.39 Å². The standard InChI is InChI=1S/C15H11F4IN4O2/c1-14(26,7-24-6-9(16)5-22-24)13(25)23-12-3-10(15(17,18)19)8(4-21)2-11(12)20/h2-3,5-6,26H,7H2,1H3,(H,23,25). The Labute approximate surface area is 158 Å². The van der Waals surface area contributed by atoms with E-state index in [0.717, 1.165) is 30.1 Å². The van der Waals surface area contributed by atoms with Crippen molar-refractivity contribution in [3.05, 3.63) is 45.0 Å². The fourth-order valence-electron chi connectivity index (χ4n) is 2.07.